The highest BCUT2D eigenvalue weighted by atomic mass is 15.1. The number of benzene rings is 9. The van der Waals surface area contributed by atoms with Gasteiger partial charge < -0.3 is 9.47 Å². The van der Waals surface area contributed by atoms with Gasteiger partial charge in [0, 0.05) is 33.2 Å². The highest BCUT2D eigenvalue weighted by molar-refractivity contribution is 6.17. The monoisotopic (exact) mass is 636 g/mol. The summed E-state index contributed by atoms with van der Waals surface area (Å²) in [5, 5.41) is 9.92. The molecule has 50 heavy (non-hydrogen) atoms. The molecule has 0 unspecified atom stereocenters. The molecular formula is C48H32N2. The summed E-state index contributed by atoms with van der Waals surface area (Å²) in [6, 6.07) is 70.6. The van der Waals surface area contributed by atoms with E-state index in [0.717, 1.165) is 22.7 Å². The molecule has 0 aliphatic rings. The van der Waals surface area contributed by atoms with E-state index in [1.165, 1.54) is 65.3 Å². The summed E-state index contributed by atoms with van der Waals surface area (Å²) in [7, 11) is 0. The molecule has 0 fully saturated rings. The van der Waals surface area contributed by atoms with Crippen LogP contribution < -0.4 is 4.90 Å². The van der Waals surface area contributed by atoms with Crippen molar-refractivity contribution in [2.24, 2.45) is 0 Å². The van der Waals surface area contributed by atoms with Crippen LogP contribution in [0.1, 0.15) is 0 Å². The van der Waals surface area contributed by atoms with Crippen molar-refractivity contribution in [1.82, 2.24) is 4.57 Å². The van der Waals surface area contributed by atoms with E-state index in [-0.39, 0.29) is 0 Å². The lowest BCUT2D eigenvalue weighted by Crippen LogP contribution is -2.11. The van der Waals surface area contributed by atoms with Gasteiger partial charge in [0.05, 0.1) is 16.7 Å². The fraction of sp³-hybridized carbons (Fsp3) is 0. The molecule has 9 aromatic carbocycles. The molecule has 0 spiro atoms. The Morgan fingerprint density at radius 3 is 1.86 bits per heavy atom. The molecule has 10 aromatic rings. The van der Waals surface area contributed by atoms with Gasteiger partial charge in [-0.25, -0.2) is 0 Å². The van der Waals surface area contributed by atoms with E-state index in [4.69, 9.17) is 0 Å². The third kappa shape index (κ3) is 4.50. The van der Waals surface area contributed by atoms with E-state index in [1.54, 1.807) is 0 Å². The molecule has 2 nitrogen and oxygen atoms in total. The van der Waals surface area contributed by atoms with Gasteiger partial charge in [0.2, 0.25) is 0 Å². The first kappa shape index (κ1) is 28.4. The van der Waals surface area contributed by atoms with E-state index in [2.05, 4.69) is 204 Å². The molecule has 0 radical (unpaired) electrons. The van der Waals surface area contributed by atoms with Crippen molar-refractivity contribution >= 4 is 71.2 Å². The zero-order chi connectivity index (χ0) is 33.0. The summed E-state index contributed by atoms with van der Waals surface area (Å²) in [6.45, 7) is 0. The second-order valence-corrected chi connectivity index (χ2v) is 13.0. The molecule has 10 rings (SSSR count). The van der Waals surface area contributed by atoms with Gasteiger partial charge in [0.25, 0.3) is 0 Å². The first-order valence-electron chi connectivity index (χ1n) is 17.2. The molecule has 1 aromatic heterocycles. The quantitative estimate of drug-likeness (QED) is 0.171. The Labute approximate surface area is 290 Å². The van der Waals surface area contributed by atoms with Crippen LogP contribution in [0.3, 0.4) is 0 Å². The number of aromatic nitrogens is 1. The summed E-state index contributed by atoms with van der Waals surface area (Å²) >= 11 is 0. The normalized spacial score (nSPS) is 11.6. The Balaban J connectivity index is 1.24. The zero-order valence-electron chi connectivity index (χ0n) is 27.4. The number of rotatable bonds is 5. The van der Waals surface area contributed by atoms with Crippen LogP contribution in [0.25, 0.3) is 70.9 Å². The molecule has 0 N–H and O–H groups in total. The fourth-order valence-corrected chi connectivity index (χ4v) is 7.89. The van der Waals surface area contributed by atoms with Crippen molar-refractivity contribution in [2.75, 3.05) is 4.90 Å². The van der Waals surface area contributed by atoms with Gasteiger partial charge in [-0.3, -0.25) is 0 Å². The van der Waals surface area contributed by atoms with Gasteiger partial charge in [-0.05, 0) is 92.7 Å². The van der Waals surface area contributed by atoms with Crippen molar-refractivity contribution in [1.29, 1.82) is 0 Å². The first-order chi connectivity index (χ1) is 24.8. The Kier molecular flexibility index (Phi) is 6.53. The van der Waals surface area contributed by atoms with Gasteiger partial charge in [0.1, 0.15) is 0 Å². The van der Waals surface area contributed by atoms with Crippen LogP contribution in [0.5, 0.6) is 0 Å². The molecule has 0 atom stereocenters. The van der Waals surface area contributed by atoms with Crippen molar-refractivity contribution in [3.63, 3.8) is 0 Å². The average molecular weight is 637 g/mol. The van der Waals surface area contributed by atoms with Crippen molar-refractivity contribution < 1.29 is 0 Å². The van der Waals surface area contributed by atoms with Crippen LogP contribution in [0, 0.1) is 0 Å². The lowest BCUT2D eigenvalue weighted by atomic mass is 9.97. The Morgan fingerprint density at radius 1 is 0.360 bits per heavy atom. The van der Waals surface area contributed by atoms with Crippen LogP contribution >= 0.6 is 0 Å². The molecule has 0 saturated carbocycles. The van der Waals surface area contributed by atoms with Crippen LogP contribution in [-0.2, 0) is 0 Å². The number of fused-ring (bicyclic) bond motifs is 7. The van der Waals surface area contributed by atoms with Crippen molar-refractivity contribution in [2.45, 2.75) is 0 Å². The molecule has 0 aliphatic heterocycles. The first-order valence-corrected chi connectivity index (χ1v) is 17.2. The van der Waals surface area contributed by atoms with Gasteiger partial charge in [-0.2, -0.15) is 0 Å². The summed E-state index contributed by atoms with van der Waals surface area (Å²) < 4.78 is 2.39. The van der Waals surface area contributed by atoms with Crippen molar-refractivity contribution in [3.8, 4) is 16.8 Å². The largest absolute Gasteiger partial charge is 0.310 e. The van der Waals surface area contributed by atoms with Gasteiger partial charge in [-0.15, -0.1) is 0 Å². The van der Waals surface area contributed by atoms with Gasteiger partial charge in [0.15, 0.2) is 0 Å². The second-order valence-electron chi connectivity index (χ2n) is 13.0. The number of nitrogens with zero attached hydrogens (tertiary/aromatic N) is 2. The van der Waals surface area contributed by atoms with E-state index < -0.39 is 0 Å². The molecule has 0 bridgehead atoms. The van der Waals surface area contributed by atoms with Gasteiger partial charge in [-0.1, -0.05) is 140 Å². The summed E-state index contributed by atoms with van der Waals surface area (Å²) in [4.78, 5) is 2.44. The lowest BCUT2D eigenvalue weighted by Gasteiger charge is -2.28. The van der Waals surface area contributed by atoms with Crippen molar-refractivity contribution in [3.05, 3.63) is 194 Å². The summed E-state index contributed by atoms with van der Waals surface area (Å²) in [5.41, 5.74) is 9.37. The summed E-state index contributed by atoms with van der Waals surface area (Å²) in [5.74, 6) is 0. The smallest absolute Gasteiger partial charge is 0.0547 e. The molecule has 0 aliphatic carbocycles. The zero-order valence-corrected chi connectivity index (χ0v) is 27.4. The Bertz CT molecular complexity index is 2880. The minimum atomic E-state index is 1.11. The molecule has 2 heteroatoms. The standard InChI is InChI=1S/C48H32N2/c1-2-18-37(19-3-1)50-45-26-11-10-24-44(45)48-41(25-13-27-46(48)50)35-17-12-20-38(31-35)49(39-29-28-33-14-4-5-15-34(33)30-39)47-32-36-16-6-7-21-40(36)42-22-8-9-23-43(42)47/h1-32H. The van der Waals surface area contributed by atoms with Crippen LogP contribution in [0.2, 0.25) is 0 Å². The maximum absolute atomic E-state index is 2.44. The predicted octanol–water partition coefficient (Wildman–Crippen LogP) is 13.4. The maximum Gasteiger partial charge on any atom is 0.0547 e. The minimum absolute atomic E-state index is 1.11. The van der Waals surface area contributed by atoms with Crippen LogP contribution in [0.15, 0.2) is 194 Å². The van der Waals surface area contributed by atoms with Crippen LogP contribution in [0.4, 0.5) is 17.1 Å². The number of anilines is 3. The lowest BCUT2D eigenvalue weighted by molar-refractivity contribution is 1.18. The van der Waals surface area contributed by atoms with Gasteiger partial charge >= 0.3 is 0 Å². The highest BCUT2D eigenvalue weighted by Gasteiger charge is 2.20. The average Bonchev–Trinajstić information content (AvgIpc) is 3.53. The fourth-order valence-electron chi connectivity index (χ4n) is 7.89. The van der Waals surface area contributed by atoms with E-state index in [0.29, 0.717) is 0 Å². The van der Waals surface area contributed by atoms with E-state index in [1.807, 2.05) is 0 Å². The summed E-state index contributed by atoms with van der Waals surface area (Å²) in [6.07, 6.45) is 0. The van der Waals surface area contributed by atoms with Crippen LogP contribution in [-0.4, -0.2) is 4.57 Å². The third-order valence-corrected chi connectivity index (χ3v) is 10.1. The number of hydrogen-bond acceptors (Lipinski definition) is 1. The number of hydrogen-bond donors (Lipinski definition) is 0. The topological polar surface area (TPSA) is 8.17 Å². The second kappa shape index (κ2) is 11.5. The van der Waals surface area contributed by atoms with E-state index >= 15 is 0 Å². The Hall–Kier alpha value is -6.64. The third-order valence-electron chi connectivity index (χ3n) is 10.1. The maximum atomic E-state index is 2.44. The SMILES string of the molecule is c1ccc(-n2c3ccccc3c3c(-c4cccc(N(c5ccc6ccccc6c5)c5cc6ccccc6c6ccccc56)c4)cccc32)cc1. The Morgan fingerprint density at radius 2 is 1.00 bits per heavy atom. The van der Waals surface area contributed by atoms with E-state index in [9.17, 15) is 0 Å². The number of para-hydroxylation sites is 2. The molecule has 0 saturated heterocycles. The molecular weight excluding hydrogens is 605 g/mol. The predicted molar refractivity (Wildman–Crippen MR) is 213 cm³/mol. The molecule has 1 heterocycles. The molecule has 0 amide bonds. The minimum Gasteiger partial charge on any atom is -0.310 e. The highest BCUT2D eigenvalue weighted by Crippen LogP contribution is 2.45. The molecule has 234 valence electrons.